The van der Waals surface area contributed by atoms with Gasteiger partial charge in [-0.25, -0.2) is 18.2 Å². The quantitative estimate of drug-likeness (QED) is 0.665. The van der Waals surface area contributed by atoms with Gasteiger partial charge in [-0.2, -0.15) is 4.31 Å². The first-order valence-electron chi connectivity index (χ1n) is 7.95. The molecule has 0 unspecified atom stereocenters. The number of para-hydroxylation sites is 1. The summed E-state index contributed by atoms with van der Waals surface area (Å²) >= 11 is 0. The fraction of sp³-hybridized carbons (Fsp3) is 0.167. The Hall–Kier alpha value is -3.04. The SMILES string of the molecule is COC(=O)c1cccc(S(=O)(=O)N(C)Cc2nc3ccccc3c(=O)[nH]2)c1. The Bertz CT molecular complexity index is 1170. The second-order valence-corrected chi connectivity index (χ2v) is 7.86. The molecule has 0 bridgehead atoms. The molecule has 0 atom stereocenters. The minimum atomic E-state index is -3.90. The molecule has 0 saturated carbocycles. The number of rotatable bonds is 5. The van der Waals surface area contributed by atoms with Gasteiger partial charge < -0.3 is 9.72 Å². The van der Waals surface area contributed by atoms with Gasteiger partial charge in [0.05, 0.1) is 35.0 Å². The van der Waals surface area contributed by atoms with Crippen LogP contribution >= 0.6 is 0 Å². The average Bonchev–Trinajstić information content (AvgIpc) is 2.67. The van der Waals surface area contributed by atoms with Gasteiger partial charge >= 0.3 is 5.97 Å². The Morgan fingerprint density at radius 3 is 2.67 bits per heavy atom. The van der Waals surface area contributed by atoms with Gasteiger partial charge in [-0.3, -0.25) is 4.79 Å². The number of nitrogens with one attached hydrogen (secondary N) is 1. The van der Waals surface area contributed by atoms with Crippen LogP contribution in [0.3, 0.4) is 0 Å². The molecule has 2 aromatic carbocycles. The van der Waals surface area contributed by atoms with Crippen molar-refractivity contribution in [1.82, 2.24) is 14.3 Å². The number of benzene rings is 2. The number of hydrogen-bond donors (Lipinski definition) is 1. The summed E-state index contributed by atoms with van der Waals surface area (Å²) in [5, 5.41) is 0.428. The van der Waals surface area contributed by atoms with Gasteiger partial charge in [-0.05, 0) is 30.3 Å². The molecule has 9 heteroatoms. The van der Waals surface area contributed by atoms with Crippen LogP contribution in [0.1, 0.15) is 16.2 Å². The zero-order chi connectivity index (χ0) is 19.6. The predicted molar refractivity (Wildman–Crippen MR) is 98.8 cm³/mol. The van der Waals surface area contributed by atoms with Crippen LogP contribution in [-0.2, 0) is 21.3 Å². The molecule has 27 heavy (non-hydrogen) atoms. The third-order valence-electron chi connectivity index (χ3n) is 4.00. The Morgan fingerprint density at radius 1 is 1.19 bits per heavy atom. The lowest BCUT2D eigenvalue weighted by Crippen LogP contribution is -2.28. The first-order chi connectivity index (χ1) is 12.8. The summed E-state index contributed by atoms with van der Waals surface area (Å²) < 4.78 is 31.3. The third-order valence-corrected chi connectivity index (χ3v) is 5.80. The highest BCUT2D eigenvalue weighted by atomic mass is 32.2. The first-order valence-corrected chi connectivity index (χ1v) is 9.39. The number of nitrogens with zero attached hydrogens (tertiary/aromatic N) is 2. The normalized spacial score (nSPS) is 11.7. The van der Waals surface area contributed by atoms with Crippen LogP contribution in [0.25, 0.3) is 10.9 Å². The van der Waals surface area contributed by atoms with Crippen LogP contribution in [0, 0.1) is 0 Å². The molecule has 0 saturated heterocycles. The van der Waals surface area contributed by atoms with Gasteiger partial charge in [0.1, 0.15) is 5.82 Å². The van der Waals surface area contributed by atoms with Crippen LogP contribution in [0.5, 0.6) is 0 Å². The lowest BCUT2D eigenvalue weighted by atomic mass is 10.2. The first kappa shape index (κ1) is 18.7. The molecule has 8 nitrogen and oxygen atoms in total. The molecule has 0 radical (unpaired) electrons. The van der Waals surface area contributed by atoms with E-state index in [0.29, 0.717) is 10.9 Å². The molecule has 140 valence electrons. The zero-order valence-corrected chi connectivity index (χ0v) is 15.5. The van der Waals surface area contributed by atoms with E-state index < -0.39 is 16.0 Å². The van der Waals surface area contributed by atoms with Crippen molar-refractivity contribution in [2.24, 2.45) is 0 Å². The van der Waals surface area contributed by atoms with Gasteiger partial charge in [0.15, 0.2) is 0 Å². The highest BCUT2D eigenvalue weighted by molar-refractivity contribution is 7.89. The summed E-state index contributed by atoms with van der Waals surface area (Å²) in [6.45, 7) is -0.134. The van der Waals surface area contributed by atoms with E-state index >= 15 is 0 Å². The Balaban J connectivity index is 1.92. The Labute approximate surface area is 155 Å². The summed E-state index contributed by atoms with van der Waals surface area (Å²) in [4.78, 5) is 30.6. The van der Waals surface area contributed by atoms with E-state index in [2.05, 4.69) is 14.7 Å². The van der Waals surface area contributed by atoms with E-state index in [9.17, 15) is 18.0 Å². The van der Waals surface area contributed by atoms with E-state index in [1.165, 1.54) is 38.4 Å². The number of methoxy groups -OCH3 is 1. The van der Waals surface area contributed by atoms with Gasteiger partial charge in [0, 0.05) is 7.05 Å². The summed E-state index contributed by atoms with van der Waals surface area (Å²) in [5.41, 5.74) is 0.271. The van der Waals surface area contributed by atoms with E-state index in [4.69, 9.17) is 0 Å². The lowest BCUT2D eigenvalue weighted by Gasteiger charge is -2.17. The highest BCUT2D eigenvalue weighted by Crippen LogP contribution is 2.18. The van der Waals surface area contributed by atoms with Crippen LogP contribution in [0.4, 0.5) is 0 Å². The van der Waals surface area contributed by atoms with Gasteiger partial charge in [-0.1, -0.05) is 18.2 Å². The summed E-state index contributed by atoms with van der Waals surface area (Å²) in [6.07, 6.45) is 0. The maximum absolute atomic E-state index is 12.8. The van der Waals surface area contributed by atoms with Crippen molar-refractivity contribution in [3.8, 4) is 0 Å². The Kier molecular flexibility index (Phi) is 5.06. The molecule has 0 fully saturated rings. The van der Waals surface area contributed by atoms with Crippen LogP contribution < -0.4 is 5.56 Å². The number of sulfonamides is 1. The monoisotopic (exact) mass is 387 g/mol. The number of aromatic amines is 1. The molecule has 3 aromatic rings. The smallest absolute Gasteiger partial charge is 0.337 e. The predicted octanol–water partition coefficient (Wildman–Crippen LogP) is 1.53. The van der Waals surface area contributed by atoms with Crippen molar-refractivity contribution in [1.29, 1.82) is 0 Å². The van der Waals surface area contributed by atoms with Crippen LogP contribution in [0.15, 0.2) is 58.2 Å². The van der Waals surface area contributed by atoms with Crippen molar-refractivity contribution in [2.75, 3.05) is 14.2 Å². The van der Waals surface area contributed by atoms with Gasteiger partial charge in [-0.15, -0.1) is 0 Å². The molecular weight excluding hydrogens is 370 g/mol. The third kappa shape index (κ3) is 3.74. The minimum absolute atomic E-state index is 0.0592. The van der Waals surface area contributed by atoms with Crippen LogP contribution in [0.2, 0.25) is 0 Å². The molecule has 0 aliphatic rings. The van der Waals surface area contributed by atoms with E-state index in [1.807, 2.05) is 0 Å². The number of esters is 1. The average molecular weight is 387 g/mol. The van der Waals surface area contributed by atoms with Crippen molar-refractivity contribution >= 4 is 26.9 Å². The lowest BCUT2D eigenvalue weighted by molar-refractivity contribution is 0.0600. The zero-order valence-electron chi connectivity index (χ0n) is 14.7. The van der Waals surface area contributed by atoms with Crippen molar-refractivity contribution < 1.29 is 17.9 Å². The summed E-state index contributed by atoms with van der Waals surface area (Å²) in [6, 6.07) is 12.4. The number of ether oxygens (including phenoxy) is 1. The minimum Gasteiger partial charge on any atom is -0.465 e. The van der Waals surface area contributed by atoms with Crippen LogP contribution in [-0.4, -0.2) is 42.8 Å². The molecule has 0 spiro atoms. The van der Waals surface area contributed by atoms with Crippen molar-refractivity contribution in [3.63, 3.8) is 0 Å². The van der Waals surface area contributed by atoms with Gasteiger partial charge in [0.2, 0.25) is 10.0 Å². The second-order valence-electron chi connectivity index (χ2n) is 5.81. The fourth-order valence-electron chi connectivity index (χ4n) is 2.59. The second kappa shape index (κ2) is 7.29. The maximum Gasteiger partial charge on any atom is 0.337 e. The molecule has 1 aromatic heterocycles. The van der Waals surface area contributed by atoms with E-state index in [-0.39, 0.29) is 28.4 Å². The van der Waals surface area contributed by atoms with E-state index in [0.717, 1.165) is 4.31 Å². The number of carbonyl (C=O) groups is 1. The standard InChI is InChI=1S/C18H17N3O5S/c1-21(11-16-19-15-9-4-3-8-14(15)17(22)20-16)27(24,25)13-7-5-6-12(10-13)18(23)26-2/h3-10H,11H2,1-2H3,(H,19,20,22). The molecule has 3 rings (SSSR count). The Morgan fingerprint density at radius 2 is 1.93 bits per heavy atom. The van der Waals surface area contributed by atoms with Gasteiger partial charge in [0.25, 0.3) is 5.56 Å². The van der Waals surface area contributed by atoms with Crippen molar-refractivity contribution in [2.45, 2.75) is 11.4 Å². The van der Waals surface area contributed by atoms with E-state index in [1.54, 1.807) is 24.3 Å². The molecular formula is C18H17N3O5S. The molecule has 1 heterocycles. The number of fused-ring (bicyclic) bond motifs is 1. The molecule has 1 N–H and O–H groups in total. The summed E-state index contributed by atoms with van der Waals surface area (Å²) in [5.74, 6) is -0.413. The summed E-state index contributed by atoms with van der Waals surface area (Å²) in [7, 11) is -1.31. The topological polar surface area (TPSA) is 109 Å². The maximum atomic E-state index is 12.8. The molecule has 0 aliphatic heterocycles. The largest absolute Gasteiger partial charge is 0.465 e. The molecule has 0 amide bonds. The number of aromatic nitrogens is 2. The number of carbonyl (C=O) groups excluding carboxylic acids is 1. The fourth-order valence-corrected chi connectivity index (χ4v) is 3.77. The number of H-pyrrole nitrogens is 1. The molecule has 0 aliphatic carbocycles. The number of hydrogen-bond acceptors (Lipinski definition) is 6. The highest BCUT2D eigenvalue weighted by Gasteiger charge is 2.23. The van der Waals surface area contributed by atoms with Crippen molar-refractivity contribution in [3.05, 3.63) is 70.3 Å².